The fourth-order valence-corrected chi connectivity index (χ4v) is 10.8. The summed E-state index contributed by atoms with van der Waals surface area (Å²) in [5, 5.41) is 17.5. The number of fused-ring (bicyclic) bond motifs is 2. The van der Waals surface area contributed by atoms with Crippen LogP contribution in [0.5, 0.6) is 0 Å². The molecule has 2 unspecified atom stereocenters. The normalized spacial score (nSPS) is 17.1. The standard InChI is InChI=1S/C18H15P.C10H13ClS.C10H14OS/c1-4-10-16(11-5-1)19(17-12-6-2-7-13-17)18-14-8-3-9-15-18;2*11-6-4-8-2-1-3-10-9(8)5-7-12-10/h1-15H;5,7-8H,1-4,6H2;5,7-8,11H,1-4,6H2. The van der Waals surface area contributed by atoms with E-state index >= 15 is 0 Å². The number of hydrogen-bond acceptors (Lipinski definition) is 3. The first-order chi connectivity index (χ1) is 21.3. The summed E-state index contributed by atoms with van der Waals surface area (Å²) >= 11 is 9.56. The van der Waals surface area contributed by atoms with Gasteiger partial charge in [0.25, 0.3) is 0 Å². The van der Waals surface area contributed by atoms with Crippen LogP contribution in [0.3, 0.4) is 0 Å². The molecular formula is C38H42ClOPS2. The lowest BCUT2D eigenvalue weighted by atomic mass is 9.86. The predicted molar refractivity (Wildman–Crippen MR) is 192 cm³/mol. The van der Waals surface area contributed by atoms with Gasteiger partial charge >= 0.3 is 0 Å². The van der Waals surface area contributed by atoms with E-state index in [-0.39, 0.29) is 0 Å². The fourth-order valence-electron chi connectivity index (χ4n) is 6.23. The number of aliphatic hydroxyl groups excluding tert-OH is 1. The Morgan fingerprint density at radius 3 is 1.42 bits per heavy atom. The Labute approximate surface area is 272 Å². The summed E-state index contributed by atoms with van der Waals surface area (Å²) in [5.41, 5.74) is 3.10. The molecule has 1 nitrogen and oxygen atoms in total. The monoisotopic (exact) mass is 644 g/mol. The molecule has 3 aromatic carbocycles. The molecule has 2 aromatic heterocycles. The van der Waals surface area contributed by atoms with Gasteiger partial charge in [0.1, 0.15) is 0 Å². The van der Waals surface area contributed by atoms with Crippen LogP contribution in [0.1, 0.15) is 71.2 Å². The first-order valence-electron chi connectivity index (χ1n) is 15.5. The molecule has 7 rings (SSSR count). The Balaban J connectivity index is 0.000000134. The van der Waals surface area contributed by atoms with E-state index in [9.17, 15) is 0 Å². The second kappa shape index (κ2) is 17.3. The molecule has 0 aliphatic heterocycles. The average molecular weight is 645 g/mol. The van der Waals surface area contributed by atoms with Crippen LogP contribution in [0.25, 0.3) is 0 Å². The van der Waals surface area contributed by atoms with Gasteiger partial charge in [-0.05, 0) is 121 Å². The van der Waals surface area contributed by atoms with Gasteiger partial charge < -0.3 is 5.11 Å². The van der Waals surface area contributed by atoms with Crippen LogP contribution in [0.2, 0.25) is 0 Å². The maximum atomic E-state index is 8.88. The molecule has 5 heteroatoms. The van der Waals surface area contributed by atoms with Crippen molar-refractivity contribution in [2.45, 2.75) is 63.2 Å². The fraction of sp³-hybridized carbons (Fsp3) is 0.316. The molecule has 0 amide bonds. The van der Waals surface area contributed by atoms with Crippen LogP contribution in [-0.4, -0.2) is 17.6 Å². The van der Waals surface area contributed by atoms with E-state index in [4.69, 9.17) is 16.7 Å². The lowest BCUT2D eigenvalue weighted by molar-refractivity contribution is 0.270. The molecule has 43 heavy (non-hydrogen) atoms. The number of halogens is 1. The molecule has 2 heterocycles. The average Bonchev–Trinajstić information content (AvgIpc) is 3.75. The van der Waals surface area contributed by atoms with E-state index in [1.807, 2.05) is 22.7 Å². The van der Waals surface area contributed by atoms with Crippen LogP contribution >= 0.6 is 42.2 Å². The zero-order valence-electron chi connectivity index (χ0n) is 24.8. The van der Waals surface area contributed by atoms with Crippen molar-refractivity contribution in [2.75, 3.05) is 12.5 Å². The Morgan fingerprint density at radius 2 is 1.02 bits per heavy atom. The minimum Gasteiger partial charge on any atom is -0.396 e. The number of thiophene rings is 2. The van der Waals surface area contributed by atoms with Crippen LogP contribution in [-0.2, 0) is 12.8 Å². The summed E-state index contributed by atoms with van der Waals surface area (Å²) < 4.78 is 0. The number of aryl methyl sites for hydroxylation is 2. The Bertz CT molecular complexity index is 1320. The van der Waals surface area contributed by atoms with Crippen molar-refractivity contribution in [2.24, 2.45) is 0 Å². The second-order valence-corrected chi connectivity index (χ2v) is 15.7. The largest absolute Gasteiger partial charge is 0.396 e. The van der Waals surface area contributed by atoms with E-state index in [0.29, 0.717) is 12.5 Å². The van der Waals surface area contributed by atoms with Crippen molar-refractivity contribution in [3.63, 3.8) is 0 Å². The third-order valence-corrected chi connectivity index (χ3v) is 13.0. The first-order valence-corrected chi connectivity index (χ1v) is 19.2. The Kier molecular flexibility index (Phi) is 12.9. The van der Waals surface area contributed by atoms with E-state index < -0.39 is 7.92 Å². The molecule has 0 fully saturated rings. The van der Waals surface area contributed by atoms with Crippen molar-refractivity contribution in [1.82, 2.24) is 0 Å². The van der Waals surface area contributed by atoms with Gasteiger partial charge in [0.05, 0.1) is 0 Å². The van der Waals surface area contributed by atoms with Gasteiger partial charge in [-0.25, -0.2) is 0 Å². The van der Waals surface area contributed by atoms with Crippen molar-refractivity contribution >= 4 is 58.1 Å². The number of rotatable bonds is 7. The lowest BCUT2D eigenvalue weighted by Gasteiger charge is -2.21. The molecule has 0 saturated heterocycles. The van der Waals surface area contributed by atoms with Gasteiger partial charge in [0, 0.05) is 22.2 Å². The molecule has 0 saturated carbocycles. The van der Waals surface area contributed by atoms with Gasteiger partial charge in [-0.3, -0.25) is 0 Å². The maximum absolute atomic E-state index is 8.88. The van der Waals surface area contributed by atoms with Crippen LogP contribution in [0.15, 0.2) is 114 Å². The highest BCUT2D eigenvalue weighted by molar-refractivity contribution is 7.79. The molecule has 2 aliphatic rings. The van der Waals surface area contributed by atoms with Gasteiger partial charge in [0.15, 0.2) is 0 Å². The maximum Gasteiger partial charge on any atom is 0.0436 e. The minimum atomic E-state index is -0.446. The van der Waals surface area contributed by atoms with Gasteiger partial charge in [0.2, 0.25) is 0 Å². The summed E-state index contributed by atoms with van der Waals surface area (Å²) in [6.45, 7) is 0.333. The topological polar surface area (TPSA) is 20.2 Å². The lowest BCUT2D eigenvalue weighted by Crippen LogP contribution is -2.20. The van der Waals surface area contributed by atoms with Crippen molar-refractivity contribution in [1.29, 1.82) is 0 Å². The van der Waals surface area contributed by atoms with E-state index in [1.54, 1.807) is 15.3 Å². The molecule has 0 bridgehead atoms. The molecular weight excluding hydrogens is 603 g/mol. The summed E-state index contributed by atoms with van der Waals surface area (Å²) in [5.74, 6) is 2.21. The third-order valence-electron chi connectivity index (χ3n) is 8.33. The van der Waals surface area contributed by atoms with E-state index in [2.05, 4.69) is 114 Å². The van der Waals surface area contributed by atoms with Gasteiger partial charge in [-0.1, -0.05) is 91.0 Å². The van der Waals surface area contributed by atoms with E-state index in [1.165, 1.54) is 60.0 Å². The Morgan fingerprint density at radius 1 is 0.605 bits per heavy atom. The number of aliphatic hydroxyl groups is 1. The zero-order chi connectivity index (χ0) is 29.7. The third kappa shape index (κ3) is 8.90. The number of benzene rings is 3. The van der Waals surface area contributed by atoms with Crippen molar-refractivity contribution < 1.29 is 5.11 Å². The molecule has 1 N–H and O–H groups in total. The van der Waals surface area contributed by atoms with Crippen molar-refractivity contribution in [3.05, 3.63) is 135 Å². The summed E-state index contributed by atoms with van der Waals surface area (Å²) in [4.78, 5) is 3.16. The molecule has 2 aliphatic carbocycles. The van der Waals surface area contributed by atoms with Crippen molar-refractivity contribution in [3.8, 4) is 0 Å². The second-order valence-electron chi connectivity index (χ2n) is 11.1. The summed E-state index contributed by atoms with van der Waals surface area (Å²) in [6, 6.07) is 36.8. The SMILES string of the molecule is ClCCC1CCCc2sccc21.OCCC1CCCc2sccc21.c1ccc(P(c2ccccc2)c2ccccc2)cc1. The molecule has 0 spiro atoms. The van der Waals surface area contributed by atoms with E-state index in [0.717, 1.165) is 24.6 Å². The summed E-state index contributed by atoms with van der Waals surface area (Å²) in [6.07, 6.45) is 9.93. The summed E-state index contributed by atoms with van der Waals surface area (Å²) in [7, 11) is -0.446. The Hall–Kier alpha value is -2.26. The zero-order valence-corrected chi connectivity index (χ0v) is 28.1. The number of alkyl halides is 1. The van der Waals surface area contributed by atoms with Crippen LogP contribution in [0, 0.1) is 0 Å². The highest BCUT2D eigenvalue weighted by atomic mass is 35.5. The molecule has 224 valence electrons. The quantitative estimate of drug-likeness (QED) is 0.138. The minimum absolute atomic E-state index is 0.333. The van der Waals surface area contributed by atoms with Gasteiger partial charge in [-0.2, -0.15) is 0 Å². The van der Waals surface area contributed by atoms with Crippen LogP contribution < -0.4 is 15.9 Å². The molecule has 0 radical (unpaired) electrons. The number of hydrogen-bond donors (Lipinski definition) is 1. The van der Waals surface area contributed by atoms with Gasteiger partial charge in [-0.15, -0.1) is 34.3 Å². The smallest absolute Gasteiger partial charge is 0.0436 e. The molecule has 2 atom stereocenters. The molecule has 5 aromatic rings. The first kappa shape index (κ1) is 32.1. The highest BCUT2D eigenvalue weighted by Gasteiger charge is 2.21. The van der Waals surface area contributed by atoms with Crippen LogP contribution in [0.4, 0.5) is 0 Å². The predicted octanol–water partition coefficient (Wildman–Crippen LogP) is 9.79. The highest BCUT2D eigenvalue weighted by Crippen LogP contribution is 2.38.